The number of nitrogens with two attached hydrogens (primary N) is 2. The maximum Gasteiger partial charge on any atom is 0.240 e. The zero-order chi connectivity index (χ0) is 14.9. The van der Waals surface area contributed by atoms with Crippen LogP contribution in [0.2, 0.25) is 0 Å². The predicted molar refractivity (Wildman–Crippen MR) is 76.6 cm³/mol. The number of hydrogen-bond acceptors (Lipinski definition) is 4. The van der Waals surface area contributed by atoms with E-state index in [0.717, 1.165) is 0 Å². The van der Waals surface area contributed by atoms with Gasteiger partial charge < -0.3 is 11.1 Å². The van der Waals surface area contributed by atoms with E-state index in [4.69, 9.17) is 10.9 Å². The number of nitrogen functional groups attached to an aromatic ring is 1. The molecule has 0 radical (unpaired) electrons. The molecule has 0 atom stereocenters. The summed E-state index contributed by atoms with van der Waals surface area (Å²) in [5.41, 5.74) is 7.52. The quantitative estimate of drug-likeness (QED) is 0.755. The average molecular weight is 295 g/mol. The van der Waals surface area contributed by atoms with Crippen molar-refractivity contribution in [1.82, 2.24) is 0 Å². The van der Waals surface area contributed by atoms with E-state index in [-0.39, 0.29) is 16.4 Å². The first-order valence-electron chi connectivity index (χ1n) is 5.73. The number of sulfonamides is 1. The molecular weight excluding hydrogens is 281 g/mol. The molecule has 2 rings (SSSR count). The number of hydrogen-bond donors (Lipinski definition) is 3. The first-order valence-corrected chi connectivity index (χ1v) is 7.28. The summed E-state index contributed by atoms with van der Waals surface area (Å²) < 4.78 is 35.8. The van der Waals surface area contributed by atoms with Gasteiger partial charge in [0.2, 0.25) is 10.0 Å². The molecule has 0 heterocycles. The lowest BCUT2D eigenvalue weighted by atomic mass is 10.2. The number of para-hydroxylation sites is 1. The summed E-state index contributed by atoms with van der Waals surface area (Å²) in [5, 5.41) is 8.05. The van der Waals surface area contributed by atoms with E-state index in [1.807, 2.05) is 0 Å². The standard InChI is InChI=1S/C13H14FN3O2S/c1-8-7-9(14)5-6-10(8)17-11-3-2-4-12(13(11)15)20(16,18)19/h2-7,17H,15H2,1H3,(H2,16,18,19). The van der Waals surface area contributed by atoms with Gasteiger partial charge in [-0.05, 0) is 42.8 Å². The van der Waals surface area contributed by atoms with Crippen molar-refractivity contribution in [2.24, 2.45) is 5.14 Å². The Morgan fingerprint density at radius 1 is 1.15 bits per heavy atom. The fourth-order valence-corrected chi connectivity index (χ4v) is 2.50. The van der Waals surface area contributed by atoms with Gasteiger partial charge in [-0.1, -0.05) is 6.07 Å². The summed E-state index contributed by atoms with van der Waals surface area (Å²) in [6.07, 6.45) is 0. The van der Waals surface area contributed by atoms with E-state index < -0.39 is 10.0 Å². The highest BCUT2D eigenvalue weighted by Gasteiger charge is 2.15. The lowest BCUT2D eigenvalue weighted by molar-refractivity contribution is 0.598. The number of anilines is 3. The van der Waals surface area contributed by atoms with E-state index in [9.17, 15) is 12.8 Å². The predicted octanol–water partition coefficient (Wildman–Crippen LogP) is 2.11. The molecule has 0 saturated heterocycles. The van der Waals surface area contributed by atoms with Crippen LogP contribution < -0.4 is 16.2 Å². The van der Waals surface area contributed by atoms with Gasteiger partial charge in [0.1, 0.15) is 10.7 Å². The molecule has 2 aromatic rings. The third-order valence-corrected chi connectivity index (χ3v) is 3.80. The van der Waals surface area contributed by atoms with Crippen LogP contribution in [0.25, 0.3) is 0 Å². The minimum Gasteiger partial charge on any atom is -0.396 e. The summed E-state index contributed by atoms with van der Waals surface area (Å²) in [6.45, 7) is 1.73. The maximum atomic E-state index is 13.0. The number of aryl methyl sites for hydroxylation is 1. The molecule has 20 heavy (non-hydrogen) atoms. The van der Waals surface area contributed by atoms with Gasteiger partial charge >= 0.3 is 0 Å². The lowest BCUT2D eigenvalue weighted by Gasteiger charge is -2.13. The Balaban J connectivity index is 2.45. The van der Waals surface area contributed by atoms with E-state index in [2.05, 4.69) is 5.32 Å². The molecule has 0 amide bonds. The van der Waals surface area contributed by atoms with Gasteiger partial charge in [0, 0.05) is 5.69 Å². The zero-order valence-corrected chi connectivity index (χ0v) is 11.5. The molecule has 5 N–H and O–H groups in total. The van der Waals surface area contributed by atoms with Crippen molar-refractivity contribution in [3.05, 3.63) is 47.8 Å². The second kappa shape index (κ2) is 5.10. The molecule has 0 aliphatic rings. The first kappa shape index (κ1) is 14.3. The van der Waals surface area contributed by atoms with Crippen molar-refractivity contribution >= 4 is 27.1 Å². The minimum atomic E-state index is -3.89. The summed E-state index contributed by atoms with van der Waals surface area (Å²) in [4.78, 5) is -0.151. The van der Waals surface area contributed by atoms with Crippen molar-refractivity contribution in [3.63, 3.8) is 0 Å². The number of benzene rings is 2. The highest BCUT2D eigenvalue weighted by atomic mass is 32.2. The molecule has 0 aromatic heterocycles. The molecule has 0 fully saturated rings. The monoisotopic (exact) mass is 295 g/mol. The fraction of sp³-hybridized carbons (Fsp3) is 0.0769. The van der Waals surface area contributed by atoms with E-state index in [1.54, 1.807) is 19.1 Å². The van der Waals surface area contributed by atoms with Gasteiger partial charge in [-0.15, -0.1) is 0 Å². The Bertz CT molecular complexity index is 760. The molecule has 0 spiro atoms. The van der Waals surface area contributed by atoms with Gasteiger partial charge in [0.25, 0.3) is 0 Å². The third kappa shape index (κ3) is 2.89. The van der Waals surface area contributed by atoms with Gasteiger partial charge in [-0.2, -0.15) is 0 Å². The summed E-state index contributed by atoms with van der Waals surface area (Å²) >= 11 is 0. The highest BCUT2D eigenvalue weighted by Crippen LogP contribution is 2.29. The van der Waals surface area contributed by atoms with E-state index in [0.29, 0.717) is 16.9 Å². The second-order valence-corrected chi connectivity index (χ2v) is 5.88. The first-order chi connectivity index (χ1) is 9.29. The molecule has 0 unspecified atom stereocenters. The normalized spacial score (nSPS) is 11.3. The largest absolute Gasteiger partial charge is 0.396 e. The van der Waals surface area contributed by atoms with Crippen molar-refractivity contribution < 1.29 is 12.8 Å². The Morgan fingerprint density at radius 3 is 2.45 bits per heavy atom. The number of rotatable bonds is 3. The zero-order valence-electron chi connectivity index (χ0n) is 10.7. The minimum absolute atomic E-state index is 0.0266. The highest BCUT2D eigenvalue weighted by molar-refractivity contribution is 7.89. The van der Waals surface area contributed by atoms with Crippen LogP contribution >= 0.6 is 0 Å². The van der Waals surface area contributed by atoms with Crippen LogP contribution in [-0.2, 0) is 10.0 Å². The van der Waals surface area contributed by atoms with Gasteiger partial charge in [0.05, 0.1) is 11.4 Å². The molecule has 106 valence electrons. The van der Waals surface area contributed by atoms with Crippen molar-refractivity contribution in [2.45, 2.75) is 11.8 Å². The molecule has 5 nitrogen and oxygen atoms in total. The molecule has 7 heteroatoms. The van der Waals surface area contributed by atoms with Gasteiger partial charge in [0.15, 0.2) is 0 Å². The Labute approximate surface area is 116 Å². The topological polar surface area (TPSA) is 98.2 Å². The smallest absolute Gasteiger partial charge is 0.240 e. The number of halogens is 1. The van der Waals surface area contributed by atoms with Crippen LogP contribution in [0.5, 0.6) is 0 Å². The van der Waals surface area contributed by atoms with Crippen molar-refractivity contribution in [2.75, 3.05) is 11.1 Å². The molecule has 0 saturated carbocycles. The van der Waals surface area contributed by atoms with Crippen LogP contribution in [0.15, 0.2) is 41.3 Å². The molecule has 0 aliphatic heterocycles. The molecule has 0 aliphatic carbocycles. The van der Waals surface area contributed by atoms with E-state index in [1.165, 1.54) is 24.3 Å². The SMILES string of the molecule is Cc1cc(F)ccc1Nc1cccc(S(N)(=O)=O)c1N. The Hall–Kier alpha value is -2.12. The Morgan fingerprint density at radius 2 is 1.85 bits per heavy atom. The van der Waals surface area contributed by atoms with Crippen molar-refractivity contribution in [3.8, 4) is 0 Å². The fourth-order valence-electron chi connectivity index (χ4n) is 1.81. The van der Waals surface area contributed by atoms with Gasteiger partial charge in [-0.3, -0.25) is 0 Å². The number of primary sulfonamides is 1. The molecule has 0 bridgehead atoms. The van der Waals surface area contributed by atoms with Crippen molar-refractivity contribution in [1.29, 1.82) is 0 Å². The summed E-state index contributed by atoms with van der Waals surface area (Å²) in [5.74, 6) is -0.348. The summed E-state index contributed by atoms with van der Waals surface area (Å²) in [6, 6.07) is 8.68. The molecular formula is C13H14FN3O2S. The van der Waals surface area contributed by atoms with Gasteiger partial charge in [-0.25, -0.2) is 17.9 Å². The third-order valence-electron chi connectivity index (χ3n) is 2.83. The van der Waals surface area contributed by atoms with E-state index >= 15 is 0 Å². The lowest BCUT2D eigenvalue weighted by Crippen LogP contribution is -2.15. The van der Waals surface area contributed by atoms with Crippen LogP contribution in [0.3, 0.4) is 0 Å². The maximum absolute atomic E-state index is 13.0. The second-order valence-electron chi connectivity index (χ2n) is 4.35. The summed E-state index contributed by atoms with van der Waals surface area (Å²) in [7, 11) is -3.89. The van der Waals surface area contributed by atoms with Crippen LogP contribution in [-0.4, -0.2) is 8.42 Å². The average Bonchev–Trinajstić information content (AvgIpc) is 2.33. The Kier molecular flexibility index (Phi) is 3.65. The number of nitrogens with one attached hydrogen (secondary N) is 1. The molecule has 2 aromatic carbocycles. The van der Waals surface area contributed by atoms with Crippen LogP contribution in [0, 0.1) is 12.7 Å². The van der Waals surface area contributed by atoms with Crippen LogP contribution in [0.4, 0.5) is 21.5 Å². The van der Waals surface area contributed by atoms with Crippen LogP contribution in [0.1, 0.15) is 5.56 Å².